The molecule has 1 fully saturated rings. The zero-order valence-corrected chi connectivity index (χ0v) is 7.58. The standard InChI is InChI=1S/C11H14O/c1-9(2)11(8-12-11)10-6-4-3-5-7-10/h3-7,9H,8H2,1-2H3. The molecule has 1 aliphatic heterocycles. The summed E-state index contributed by atoms with van der Waals surface area (Å²) in [4.78, 5) is 0. The highest BCUT2D eigenvalue weighted by molar-refractivity contribution is 5.27. The van der Waals surface area contributed by atoms with Gasteiger partial charge in [0.2, 0.25) is 0 Å². The van der Waals surface area contributed by atoms with Crippen LogP contribution in [-0.2, 0) is 10.3 Å². The summed E-state index contributed by atoms with van der Waals surface area (Å²) in [6, 6.07) is 10.5. The highest BCUT2D eigenvalue weighted by Crippen LogP contribution is 2.44. The van der Waals surface area contributed by atoms with E-state index in [9.17, 15) is 0 Å². The summed E-state index contributed by atoms with van der Waals surface area (Å²) in [7, 11) is 0. The van der Waals surface area contributed by atoms with Crippen LogP contribution in [0.25, 0.3) is 0 Å². The number of epoxide rings is 1. The molecule has 0 bridgehead atoms. The Morgan fingerprint density at radius 1 is 1.25 bits per heavy atom. The maximum atomic E-state index is 5.54. The molecule has 0 N–H and O–H groups in total. The Morgan fingerprint density at radius 2 is 1.83 bits per heavy atom. The van der Waals surface area contributed by atoms with Gasteiger partial charge >= 0.3 is 0 Å². The second-order valence-electron chi connectivity index (χ2n) is 3.70. The first kappa shape index (κ1) is 7.81. The van der Waals surface area contributed by atoms with E-state index in [1.54, 1.807) is 0 Å². The average Bonchev–Trinajstić information content (AvgIpc) is 2.86. The molecule has 1 unspecified atom stereocenters. The first-order chi connectivity index (χ1) is 5.76. The normalized spacial score (nSPS) is 27.6. The molecule has 0 aliphatic carbocycles. The van der Waals surface area contributed by atoms with Gasteiger partial charge in [0.1, 0.15) is 5.60 Å². The van der Waals surface area contributed by atoms with E-state index >= 15 is 0 Å². The van der Waals surface area contributed by atoms with E-state index in [2.05, 4.69) is 38.1 Å². The third kappa shape index (κ3) is 1.05. The molecular weight excluding hydrogens is 148 g/mol. The van der Waals surface area contributed by atoms with Crippen molar-refractivity contribution in [1.29, 1.82) is 0 Å². The monoisotopic (exact) mass is 162 g/mol. The van der Waals surface area contributed by atoms with Gasteiger partial charge in [-0.3, -0.25) is 0 Å². The molecule has 1 heterocycles. The first-order valence-corrected chi connectivity index (χ1v) is 4.45. The van der Waals surface area contributed by atoms with Gasteiger partial charge in [-0.1, -0.05) is 44.2 Å². The van der Waals surface area contributed by atoms with Crippen molar-refractivity contribution in [2.24, 2.45) is 5.92 Å². The molecule has 1 heteroatoms. The van der Waals surface area contributed by atoms with E-state index in [1.165, 1.54) is 5.56 Å². The minimum absolute atomic E-state index is 0.0429. The van der Waals surface area contributed by atoms with E-state index in [1.807, 2.05) is 6.07 Å². The number of rotatable bonds is 2. The molecule has 1 aliphatic rings. The van der Waals surface area contributed by atoms with Gasteiger partial charge in [-0.15, -0.1) is 0 Å². The summed E-state index contributed by atoms with van der Waals surface area (Å²) in [5.74, 6) is 0.569. The Kier molecular flexibility index (Phi) is 1.69. The van der Waals surface area contributed by atoms with Crippen LogP contribution in [0.2, 0.25) is 0 Å². The van der Waals surface area contributed by atoms with Gasteiger partial charge < -0.3 is 4.74 Å². The van der Waals surface area contributed by atoms with Crippen molar-refractivity contribution < 1.29 is 4.74 Å². The molecule has 1 aromatic rings. The molecule has 0 aromatic heterocycles. The lowest BCUT2D eigenvalue weighted by atomic mass is 9.89. The van der Waals surface area contributed by atoms with Crippen LogP contribution in [0, 0.1) is 5.92 Å². The Balaban J connectivity index is 2.31. The molecule has 1 aromatic carbocycles. The maximum absolute atomic E-state index is 5.54. The third-order valence-electron chi connectivity index (χ3n) is 2.65. The van der Waals surface area contributed by atoms with Gasteiger partial charge in [-0.2, -0.15) is 0 Å². The zero-order chi connectivity index (χ0) is 8.60. The fourth-order valence-electron chi connectivity index (χ4n) is 1.63. The van der Waals surface area contributed by atoms with Crippen molar-refractivity contribution in [2.45, 2.75) is 19.4 Å². The highest BCUT2D eigenvalue weighted by atomic mass is 16.6. The van der Waals surface area contributed by atoms with E-state index in [0.29, 0.717) is 5.92 Å². The van der Waals surface area contributed by atoms with E-state index < -0.39 is 0 Å². The van der Waals surface area contributed by atoms with Crippen LogP contribution >= 0.6 is 0 Å². The van der Waals surface area contributed by atoms with Gasteiger partial charge in [0.15, 0.2) is 0 Å². The van der Waals surface area contributed by atoms with Crippen LogP contribution in [-0.4, -0.2) is 6.61 Å². The molecule has 12 heavy (non-hydrogen) atoms. The molecular formula is C11H14O. The SMILES string of the molecule is CC(C)C1(c2ccccc2)CO1. The van der Waals surface area contributed by atoms with Crippen LogP contribution in [0.15, 0.2) is 30.3 Å². The van der Waals surface area contributed by atoms with Gasteiger partial charge in [0, 0.05) is 0 Å². The summed E-state index contributed by atoms with van der Waals surface area (Å²) in [5.41, 5.74) is 1.36. The van der Waals surface area contributed by atoms with Crippen molar-refractivity contribution in [3.05, 3.63) is 35.9 Å². The highest BCUT2D eigenvalue weighted by Gasteiger charge is 2.48. The zero-order valence-electron chi connectivity index (χ0n) is 7.58. The Hall–Kier alpha value is -0.820. The predicted molar refractivity (Wildman–Crippen MR) is 48.9 cm³/mol. The lowest BCUT2D eigenvalue weighted by Gasteiger charge is -2.15. The largest absolute Gasteiger partial charge is 0.364 e. The lowest BCUT2D eigenvalue weighted by molar-refractivity contribution is 0.242. The first-order valence-electron chi connectivity index (χ1n) is 4.45. The minimum atomic E-state index is 0.0429. The van der Waals surface area contributed by atoms with E-state index in [0.717, 1.165) is 6.61 Å². The molecule has 2 rings (SSSR count). The van der Waals surface area contributed by atoms with Crippen LogP contribution in [0.1, 0.15) is 19.4 Å². The van der Waals surface area contributed by atoms with E-state index in [4.69, 9.17) is 4.74 Å². The van der Waals surface area contributed by atoms with E-state index in [-0.39, 0.29) is 5.60 Å². The Bertz CT molecular complexity index is 260. The van der Waals surface area contributed by atoms with Crippen molar-refractivity contribution in [1.82, 2.24) is 0 Å². The Labute approximate surface area is 73.4 Å². The molecule has 1 atom stereocenters. The van der Waals surface area contributed by atoms with Crippen molar-refractivity contribution in [3.63, 3.8) is 0 Å². The molecule has 0 radical (unpaired) electrons. The smallest absolute Gasteiger partial charge is 0.119 e. The molecule has 0 saturated carbocycles. The second-order valence-corrected chi connectivity index (χ2v) is 3.70. The number of hydrogen-bond donors (Lipinski definition) is 0. The quantitative estimate of drug-likeness (QED) is 0.609. The molecule has 0 amide bonds. The summed E-state index contributed by atoms with van der Waals surface area (Å²) in [5, 5.41) is 0. The number of hydrogen-bond acceptors (Lipinski definition) is 1. The number of ether oxygens (including phenoxy) is 1. The predicted octanol–water partition coefficient (Wildman–Crippen LogP) is 2.57. The molecule has 1 nitrogen and oxygen atoms in total. The van der Waals surface area contributed by atoms with Crippen LogP contribution < -0.4 is 0 Å². The number of benzene rings is 1. The summed E-state index contributed by atoms with van der Waals surface area (Å²) < 4.78 is 5.54. The average molecular weight is 162 g/mol. The lowest BCUT2D eigenvalue weighted by Crippen LogP contribution is -2.16. The minimum Gasteiger partial charge on any atom is -0.364 e. The summed E-state index contributed by atoms with van der Waals surface area (Å²) >= 11 is 0. The van der Waals surface area contributed by atoms with Crippen LogP contribution in [0.5, 0.6) is 0 Å². The van der Waals surface area contributed by atoms with Gasteiger partial charge in [-0.05, 0) is 11.5 Å². The summed E-state index contributed by atoms with van der Waals surface area (Å²) in [6.07, 6.45) is 0. The summed E-state index contributed by atoms with van der Waals surface area (Å²) in [6.45, 7) is 5.30. The van der Waals surface area contributed by atoms with Crippen molar-refractivity contribution in [2.75, 3.05) is 6.61 Å². The van der Waals surface area contributed by atoms with Crippen molar-refractivity contribution >= 4 is 0 Å². The van der Waals surface area contributed by atoms with Gasteiger partial charge in [0.25, 0.3) is 0 Å². The molecule has 0 spiro atoms. The second kappa shape index (κ2) is 2.60. The maximum Gasteiger partial charge on any atom is 0.119 e. The van der Waals surface area contributed by atoms with Crippen LogP contribution in [0.3, 0.4) is 0 Å². The molecule has 64 valence electrons. The van der Waals surface area contributed by atoms with Gasteiger partial charge in [-0.25, -0.2) is 0 Å². The Morgan fingerprint density at radius 3 is 2.25 bits per heavy atom. The fourth-order valence-corrected chi connectivity index (χ4v) is 1.63. The van der Waals surface area contributed by atoms with Crippen LogP contribution in [0.4, 0.5) is 0 Å². The topological polar surface area (TPSA) is 12.5 Å². The third-order valence-corrected chi connectivity index (χ3v) is 2.65. The fraction of sp³-hybridized carbons (Fsp3) is 0.455. The van der Waals surface area contributed by atoms with Gasteiger partial charge in [0.05, 0.1) is 6.61 Å². The molecule has 1 saturated heterocycles. The van der Waals surface area contributed by atoms with Crippen molar-refractivity contribution in [3.8, 4) is 0 Å².